The Morgan fingerprint density at radius 1 is 0.531 bits per heavy atom. The number of benzene rings is 4. The Bertz CT molecular complexity index is 1520. The average Bonchev–Trinajstić information content (AvgIpc) is 3.23. The molecular weight excluding hydrogens is 434 g/mol. The number of rotatable bonds is 3. The summed E-state index contributed by atoms with van der Waals surface area (Å²) in [5.41, 5.74) is 2.73. The van der Waals surface area contributed by atoms with Crippen LogP contribution in [0.3, 0.4) is 0 Å². The van der Waals surface area contributed by atoms with Crippen molar-refractivity contribution in [1.82, 2.24) is 15.0 Å². The molecule has 32 heavy (non-hydrogen) atoms. The molecule has 6 aromatic rings. The Kier molecular flexibility index (Phi) is 4.67. The lowest BCUT2D eigenvalue weighted by Gasteiger charge is -2.10. The molecule has 5 heteroatoms. The van der Waals surface area contributed by atoms with E-state index in [0.717, 1.165) is 26.8 Å². The van der Waals surface area contributed by atoms with Gasteiger partial charge < -0.3 is 0 Å². The Morgan fingerprint density at radius 2 is 1.09 bits per heavy atom. The standard InChI is InChI=1S/C27H16ClN3S/c28-21-16-15-20-19-13-7-8-14-22(19)32-24(20)23(21)27-30-25(17-9-3-1-4-10-17)29-26(31-27)18-11-5-2-6-12-18/h1-16H. The molecule has 4 aromatic carbocycles. The van der Waals surface area contributed by atoms with Crippen molar-refractivity contribution < 1.29 is 0 Å². The number of hydrogen-bond acceptors (Lipinski definition) is 4. The van der Waals surface area contributed by atoms with E-state index in [1.807, 2.05) is 66.7 Å². The summed E-state index contributed by atoms with van der Waals surface area (Å²) in [6.45, 7) is 0. The molecule has 0 fully saturated rings. The van der Waals surface area contributed by atoms with Gasteiger partial charge in [0.1, 0.15) is 0 Å². The first-order chi connectivity index (χ1) is 15.8. The highest BCUT2D eigenvalue weighted by molar-refractivity contribution is 7.26. The summed E-state index contributed by atoms with van der Waals surface area (Å²) in [7, 11) is 0. The van der Waals surface area contributed by atoms with Crippen LogP contribution in [-0.2, 0) is 0 Å². The van der Waals surface area contributed by atoms with Gasteiger partial charge in [-0.2, -0.15) is 0 Å². The molecule has 0 aliphatic heterocycles. The maximum Gasteiger partial charge on any atom is 0.167 e. The molecule has 0 radical (unpaired) electrons. The van der Waals surface area contributed by atoms with Crippen molar-refractivity contribution in [3.63, 3.8) is 0 Å². The Balaban J connectivity index is 1.67. The van der Waals surface area contributed by atoms with Crippen molar-refractivity contribution in [2.75, 3.05) is 0 Å². The molecule has 152 valence electrons. The van der Waals surface area contributed by atoms with Gasteiger partial charge >= 0.3 is 0 Å². The quantitative estimate of drug-likeness (QED) is 0.275. The molecule has 0 amide bonds. The molecule has 3 nitrogen and oxygen atoms in total. The summed E-state index contributed by atoms with van der Waals surface area (Å²) in [5.74, 6) is 1.84. The SMILES string of the molecule is Clc1ccc2c(sc3ccccc32)c1-c1nc(-c2ccccc2)nc(-c2ccccc2)n1. The van der Waals surface area contributed by atoms with Crippen LogP contribution in [-0.4, -0.2) is 15.0 Å². The third kappa shape index (κ3) is 3.25. The minimum absolute atomic E-state index is 0.583. The highest BCUT2D eigenvalue weighted by Crippen LogP contribution is 2.42. The van der Waals surface area contributed by atoms with Gasteiger partial charge in [0, 0.05) is 31.3 Å². The highest BCUT2D eigenvalue weighted by atomic mass is 35.5. The minimum Gasteiger partial charge on any atom is -0.208 e. The topological polar surface area (TPSA) is 38.7 Å². The van der Waals surface area contributed by atoms with Crippen LogP contribution in [0.1, 0.15) is 0 Å². The molecule has 0 bridgehead atoms. The van der Waals surface area contributed by atoms with Crippen LogP contribution in [0.2, 0.25) is 5.02 Å². The van der Waals surface area contributed by atoms with E-state index in [9.17, 15) is 0 Å². The van der Waals surface area contributed by atoms with E-state index >= 15 is 0 Å². The van der Waals surface area contributed by atoms with Crippen molar-refractivity contribution in [2.45, 2.75) is 0 Å². The first-order valence-corrected chi connectivity index (χ1v) is 11.4. The maximum atomic E-state index is 6.77. The molecule has 0 N–H and O–H groups in total. The lowest BCUT2D eigenvalue weighted by atomic mass is 10.1. The molecule has 0 aliphatic carbocycles. The van der Waals surface area contributed by atoms with Crippen LogP contribution in [0.4, 0.5) is 0 Å². The van der Waals surface area contributed by atoms with E-state index in [2.05, 4.69) is 30.3 Å². The van der Waals surface area contributed by atoms with Crippen molar-refractivity contribution in [2.24, 2.45) is 0 Å². The third-order valence-electron chi connectivity index (χ3n) is 5.42. The van der Waals surface area contributed by atoms with Gasteiger partial charge in [-0.05, 0) is 12.1 Å². The van der Waals surface area contributed by atoms with Crippen molar-refractivity contribution >= 4 is 43.1 Å². The molecule has 6 rings (SSSR count). The maximum absolute atomic E-state index is 6.77. The van der Waals surface area contributed by atoms with E-state index in [4.69, 9.17) is 26.6 Å². The zero-order valence-corrected chi connectivity index (χ0v) is 18.4. The van der Waals surface area contributed by atoms with Gasteiger partial charge in [-0.1, -0.05) is 96.5 Å². The number of fused-ring (bicyclic) bond motifs is 3. The van der Waals surface area contributed by atoms with Crippen LogP contribution in [0.5, 0.6) is 0 Å². The summed E-state index contributed by atoms with van der Waals surface area (Å²) in [5, 5.41) is 3.01. The molecule has 0 unspecified atom stereocenters. The van der Waals surface area contributed by atoms with Gasteiger partial charge in [0.2, 0.25) is 0 Å². The van der Waals surface area contributed by atoms with E-state index in [0.29, 0.717) is 22.5 Å². The van der Waals surface area contributed by atoms with E-state index in [1.165, 1.54) is 10.1 Å². The molecule has 0 spiro atoms. The monoisotopic (exact) mass is 449 g/mol. The summed E-state index contributed by atoms with van der Waals surface area (Å²) in [6.07, 6.45) is 0. The zero-order chi connectivity index (χ0) is 21.5. The minimum atomic E-state index is 0.583. The van der Waals surface area contributed by atoms with Crippen LogP contribution in [0.25, 0.3) is 54.3 Å². The highest BCUT2D eigenvalue weighted by Gasteiger charge is 2.19. The number of hydrogen-bond donors (Lipinski definition) is 0. The molecule has 2 heterocycles. The summed E-state index contributed by atoms with van der Waals surface area (Å²) < 4.78 is 2.30. The Morgan fingerprint density at radius 3 is 1.75 bits per heavy atom. The lowest BCUT2D eigenvalue weighted by Crippen LogP contribution is -2.00. The largest absolute Gasteiger partial charge is 0.208 e. The molecule has 2 aromatic heterocycles. The van der Waals surface area contributed by atoms with E-state index in [-0.39, 0.29) is 0 Å². The fraction of sp³-hybridized carbons (Fsp3) is 0. The molecule has 0 aliphatic rings. The average molecular weight is 450 g/mol. The second kappa shape index (κ2) is 7.83. The lowest BCUT2D eigenvalue weighted by molar-refractivity contribution is 1.08. The summed E-state index contributed by atoms with van der Waals surface area (Å²) in [4.78, 5) is 14.6. The van der Waals surface area contributed by atoms with Gasteiger partial charge in [-0.25, -0.2) is 15.0 Å². The van der Waals surface area contributed by atoms with Crippen molar-refractivity contribution in [3.8, 4) is 34.2 Å². The van der Waals surface area contributed by atoms with Crippen LogP contribution >= 0.6 is 22.9 Å². The van der Waals surface area contributed by atoms with Crippen molar-refractivity contribution in [3.05, 3.63) is 102 Å². The fourth-order valence-corrected chi connectivity index (χ4v) is 5.44. The van der Waals surface area contributed by atoms with Crippen molar-refractivity contribution in [1.29, 1.82) is 0 Å². The predicted molar refractivity (Wildman–Crippen MR) is 134 cm³/mol. The van der Waals surface area contributed by atoms with Crippen LogP contribution < -0.4 is 0 Å². The van der Waals surface area contributed by atoms with E-state index < -0.39 is 0 Å². The van der Waals surface area contributed by atoms with Gasteiger partial charge in [-0.3, -0.25) is 0 Å². The van der Waals surface area contributed by atoms with Crippen LogP contribution in [0, 0.1) is 0 Å². The zero-order valence-electron chi connectivity index (χ0n) is 16.9. The predicted octanol–water partition coefficient (Wildman–Crippen LogP) is 7.89. The van der Waals surface area contributed by atoms with Gasteiger partial charge in [0.05, 0.1) is 10.6 Å². The molecule has 0 atom stereocenters. The summed E-state index contributed by atoms with van der Waals surface area (Å²) in [6, 6.07) is 32.4. The fourth-order valence-electron chi connectivity index (χ4n) is 3.89. The number of aromatic nitrogens is 3. The first-order valence-electron chi connectivity index (χ1n) is 10.2. The third-order valence-corrected chi connectivity index (χ3v) is 6.94. The number of nitrogens with zero attached hydrogens (tertiary/aromatic N) is 3. The molecule has 0 saturated carbocycles. The smallest absolute Gasteiger partial charge is 0.167 e. The second-order valence-corrected chi connectivity index (χ2v) is 8.89. The Hall–Kier alpha value is -3.60. The van der Waals surface area contributed by atoms with Gasteiger partial charge in [-0.15, -0.1) is 11.3 Å². The molecule has 0 saturated heterocycles. The second-order valence-electron chi connectivity index (χ2n) is 7.44. The Labute approximate surface area is 194 Å². The number of halogens is 1. The van der Waals surface area contributed by atoms with E-state index in [1.54, 1.807) is 11.3 Å². The normalized spacial score (nSPS) is 11.3. The first kappa shape index (κ1) is 19.1. The summed E-state index contributed by atoms with van der Waals surface area (Å²) >= 11 is 8.48. The van der Waals surface area contributed by atoms with Crippen LogP contribution in [0.15, 0.2) is 97.1 Å². The molecular formula is C27H16ClN3S. The van der Waals surface area contributed by atoms with Gasteiger partial charge in [0.15, 0.2) is 17.5 Å². The van der Waals surface area contributed by atoms with Gasteiger partial charge in [0.25, 0.3) is 0 Å². The number of thiophene rings is 1.